The molecule has 0 fully saturated rings. The molecule has 10 nitrogen and oxygen atoms in total. The van der Waals surface area contributed by atoms with Crippen molar-refractivity contribution in [2.24, 2.45) is 11.8 Å². The molecule has 232 valence electrons. The van der Waals surface area contributed by atoms with Crippen molar-refractivity contribution in [2.75, 3.05) is 35.2 Å². The van der Waals surface area contributed by atoms with Crippen molar-refractivity contribution in [3.63, 3.8) is 0 Å². The molecule has 0 aromatic heterocycles. The van der Waals surface area contributed by atoms with Crippen molar-refractivity contribution >= 4 is 11.9 Å². The van der Waals surface area contributed by atoms with Gasteiger partial charge in [0.05, 0.1) is 28.4 Å². The lowest BCUT2D eigenvalue weighted by atomic mass is 9.74. The van der Waals surface area contributed by atoms with E-state index >= 15 is 0 Å². The number of rotatable bonds is 8. The Morgan fingerprint density at radius 3 is 1.67 bits per heavy atom. The van der Waals surface area contributed by atoms with Gasteiger partial charge in [0.2, 0.25) is 18.3 Å². The van der Waals surface area contributed by atoms with Crippen LogP contribution in [0.1, 0.15) is 64.9 Å². The molecule has 1 aliphatic carbocycles. The number of allylic oxidation sites excluding steroid dienone is 2. The van der Waals surface area contributed by atoms with Crippen LogP contribution in [0.3, 0.4) is 0 Å². The Kier molecular flexibility index (Phi) is 9.47. The first-order valence-corrected chi connectivity index (χ1v) is 14.1. The second-order valence-electron chi connectivity index (χ2n) is 10.5. The van der Waals surface area contributed by atoms with Crippen molar-refractivity contribution in [3.8, 4) is 45.6 Å². The van der Waals surface area contributed by atoms with Crippen LogP contribution < -0.4 is 28.4 Å². The van der Waals surface area contributed by atoms with Gasteiger partial charge in [-0.25, -0.2) is 9.59 Å². The minimum atomic E-state index is -0.826. The molecule has 2 aliphatic rings. The van der Waals surface area contributed by atoms with E-state index in [1.807, 2.05) is 19.9 Å². The van der Waals surface area contributed by atoms with Gasteiger partial charge in [-0.2, -0.15) is 0 Å². The highest BCUT2D eigenvalue weighted by Crippen LogP contribution is 2.60. The van der Waals surface area contributed by atoms with Crippen LogP contribution in [0.25, 0.3) is 11.1 Å². The number of carbonyl (C=O) groups excluding carboxylic acids is 2. The third-order valence-corrected chi connectivity index (χ3v) is 8.34. The quantitative estimate of drug-likeness (QED) is 0.247. The summed E-state index contributed by atoms with van der Waals surface area (Å²) in [6.45, 7) is 10.8. The molecular weight excluding hydrogens is 556 g/mol. The molecule has 2 aromatic rings. The Balaban J connectivity index is 2.20. The molecule has 2 aromatic carbocycles. The SMILES string of the molecule is CC=C(C)C(=O)OC1c2cc(OC)c(OC)c(OC)c2-c2c(cc3c(c2OC)OCO3)C(OC(=O)C(C)=CC)C(C)C1C. The van der Waals surface area contributed by atoms with E-state index in [1.54, 1.807) is 45.9 Å². The maximum absolute atomic E-state index is 13.3. The van der Waals surface area contributed by atoms with E-state index < -0.39 is 24.1 Å². The van der Waals surface area contributed by atoms with E-state index in [0.717, 1.165) is 0 Å². The molecule has 0 radical (unpaired) electrons. The van der Waals surface area contributed by atoms with E-state index in [9.17, 15) is 9.59 Å². The number of carbonyl (C=O) groups is 2. The molecular formula is C33H40O10. The predicted octanol–water partition coefficient (Wildman–Crippen LogP) is 6.50. The summed E-state index contributed by atoms with van der Waals surface area (Å²) in [5.74, 6) is 0.504. The van der Waals surface area contributed by atoms with Crippen LogP contribution >= 0.6 is 0 Å². The van der Waals surface area contributed by atoms with Crippen LogP contribution in [0.15, 0.2) is 35.4 Å². The monoisotopic (exact) mass is 596 g/mol. The molecule has 1 aliphatic heterocycles. The van der Waals surface area contributed by atoms with E-state index in [2.05, 4.69) is 0 Å². The average molecular weight is 597 g/mol. The maximum Gasteiger partial charge on any atom is 0.333 e. The minimum absolute atomic E-state index is 0.0124. The Hall–Kier alpha value is -4.34. The van der Waals surface area contributed by atoms with Crippen LogP contribution in [-0.4, -0.2) is 47.2 Å². The zero-order valence-corrected chi connectivity index (χ0v) is 26.4. The zero-order chi connectivity index (χ0) is 31.6. The first-order valence-electron chi connectivity index (χ1n) is 14.1. The summed E-state index contributed by atoms with van der Waals surface area (Å²) >= 11 is 0. The first kappa shape index (κ1) is 31.6. The van der Waals surface area contributed by atoms with Crippen LogP contribution in [-0.2, 0) is 19.1 Å². The second-order valence-corrected chi connectivity index (χ2v) is 10.5. The second kappa shape index (κ2) is 12.9. The molecule has 0 saturated heterocycles. The standard InChI is InChI=1S/C33H40O10/c1-11-16(3)32(34)42-26-18(5)19(6)27(43-33(35)17(4)12-2)21-14-23-29(41-15-40-23)31(39-10)25(21)24-20(26)13-22(36-7)28(37-8)30(24)38-9/h11-14,18-19,26-27H,15H2,1-10H3. The van der Waals surface area contributed by atoms with Gasteiger partial charge >= 0.3 is 11.9 Å². The lowest BCUT2D eigenvalue weighted by Gasteiger charge is -2.39. The molecule has 0 N–H and O–H groups in total. The van der Waals surface area contributed by atoms with Gasteiger partial charge < -0.3 is 37.9 Å². The molecule has 10 heteroatoms. The van der Waals surface area contributed by atoms with Crippen molar-refractivity contribution < 1.29 is 47.5 Å². The number of ether oxygens (including phenoxy) is 8. The summed E-state index contributed by atoms with van der Waals surface area (Å²) in [5.41, 5.74) is 3.15. The highest BCUT2D eigenvalue weighted by molar-refractivity contribution is 5.92. The average Bonchev–Trinajstić information content (AvgIpc) is 3.50. The van der Waals surface area contributed by atoms with Gasteiger partial charge in [0.25, 0.3) is 0 Å². The summed E-state index contributed by atoms with van der Waals surface area (Å²) in [7, 11) is 6.07. The number of hydrogen-bond donors (Lipinski definition) is 0. The fourth-order valence-corrected chi connectivity index (χ4v) is 5.48. The maximum atomic E-state index is 13.3. The third kappa shape index (κ3) is 5.46. The fraction of sp³-hybridized carbons (Fsp3) is 0.455. The Morgan fingerprint density at radius 2 is 1.21 bits per heavy atom. The first-order chi connectivity index (χ1) is 20.6. The molecule has 0 spiro atoms. The molecule has 4 atom stereocenters. The van der Waals surface area contributed by atoms with Crippen molar-refractivity contribution in [1.82, 2.24) is 0 Å². The number of methoxy groups -OCH3 is 4. The molecule has 0 bridgehead atoms. The van der Waals surface area contributed by atoms with Crippen molar-refractivity contribution in [3.05, 3.63) is 46.6 Å². The third-order valence-electron chi connectivity index (χ3n) is 8.34. The molecule has 0 saturated carbocycles. The highest BCUT2D eigenvalue weighted by atomic mass is 16.7. The Bertz CT molecular complexity index is 1470. The lowest BCUT2D eigenvalue weighted by Crippen LogP contribution is -2.31. The van der Waals surface area contributed by atoms with E-state index in [0.29, 0.717) is 67.9 Å². The highest BCUT2D eigenvalue weighted by Gasteiger charge is 2.44. The molecule has 43 heavy (non-hydrogen) atoms. The number of benzene rings is 2. The van der Waals surface area contributed by atoms with Crippen molar-refractivity contribution in [1.29, 1.82) is 0 Å². The number of fused-ring (bicyclic) bond motifs is 4. The van der Waals surface area contributed by atoms with Crippen LogP contribution in [0, 0.1) is 11.8 Å². The summed E-state index contributed by atoms with van der Waals surface area (Å²) in [6, 6.07) is 3.59. The number of esters is 2. The molecule has 0 amide bonds. The van der Waals surface area contributed by atoms with E-state index in [-0.39, 0.29) is 18.6 Å². The number of hydrogen-bond acceptors (Lipinski definition) is 10. The summed E-state index contributed by atoms with van der Waals surface area (Å²) < 4.78 is 47.7. The summed E-state index contributed by atoms with van der Waals surface area (Å²) in [6.07, 6.45) is 1.75. The summed E-state index contributed by atoms with van der Waals surface area (Å²) in [5, 5.41) is 0. The smallest absolute Gasteiger partial charge is 0.333 e. The normalized spacial score (nSPS) is 21.1. The lowest BCUT2D eigenvalue weighted by molar-refractivity contribution is -0.156. The molecule has 4 unspecified atom stereocenters. The van der Waals surface area contributed by atoms with Gasteiger partial charge in [0.15, 0.2) is 23.0 Å². The molecule has 1 heterocycles. The largest absolute Gasteiger partial charge is 0.493 e. The van der Waals surface area contributed by atoms with Gasteiger partial charge in [-0.3, -0.25) is 0 Å². The van der Waals surface area contributed by atoms with Gasteiger partial charge in [-0.15, -0.1) is 0 Å². The van der Waals surface area contributed by atoms with E-state index in [1.165, 1.54) is 28.4 Å². The Labute approximate surface area is 252 Å². The minimum Gasteiger partial charge on any atom is -0.493 e. The fourth-order valence-electron chi connectivity index (χ4n) is 5.48. The predicted molar refractivity (Wildman–Crippen MR) is 159 cm³/mol. The van der Waals surface area contributed by atoms with Crippen LogP contribution in [0.5, 0.6) is 34.5 Å². The van der Waals surface area contributed by atoms with E-state index in [4.69, 9.17) is 37.9 Å². The van der Waals surface area contributed by atoms with Gasteiger partial charge in [0.1, 0.15) is 12.2 Å². The van der Waals surface area contributed by atoms with Crippen LogP contribution in [0.4, 0.5) is 0 Å². The topological polar surface area (TPSA) is 108 Å². The Morgan fingerprint density at radius 1 is 0.721 bits per heavy atom. The van der Waals surface area contributed by atoms with Gasteiger partial charge in [-0.1, -0.05) is 26.0 Å². The van der Waals surface area contributed by atoms with Gasteiger partial charge in [0, 0.05) is 45.2 Å². The van der Waals surface area contributed by atoms with Crippen LogP contribution in [0.2, 0.25) is 0 Å². The van der Waals surface area contributed by atoms with Crippen molar-refractivity contribution in [2.45, 2.75) is 53.8 Å². The molecule has 4 rings (SSSR count). The van der Waals surface area contributed by atoms with Gasteiger partial charge in [-0.05, 0) is 39.8 Å². The summed E-state index contributed by atoms with van der Waals surface area (Å²) in [4.78, 5) is 26.6. The zero-order valence-electron chi connectivity index (χ0n) is 26.4.